The van der Waals surface area contributed by atoms with Gasteiger partial charge in [0.25, 0.3) is 0 Å². The quantitative estimate of drug-likeness (QED) is 0.371. The highest BCUT2D eigenvalue weighted by Crippen LogP contribution is 2.28. The van der Waals surface area contributed by atoms with Crippen LogP contribution in [0, 0.1) is 13.8 Å². The van der Waals surface area contributed by atoms with Crippen LogP contribution in [0.25, 0.3) is 22.6 Å². The lowest BCUT2D eigenvalue weighted by molar-refractivity contribution is 0.306. The molecule has 0 aliphatic heterocycles. The summed E-state index contributed by atoms with van der Waals surface area (Å²) in [5.41, 5.74) is 5.84. The monoisotopic (exact) mass is 397 g/mol. The number of fused-ring (bicyclic) bond motifs is 1. The molecule has 0 bridgehead atoms. The predicted molar refractivity (Wildman–Crippen MR) is 110 cm³/mol. The van der Waals surface area contributed by atoms with E-state index in [1.165, 1.54) is 11.1 Å². The Bertz CT molecular complexity index is 1080. The third-order valence-electron chi connectivity index (χ3n) is 4.51. The lowest BCUT2D eigenvalue weighted by Crippen LogP contribution is -1.96. The molecule has 0 aliphatic rings. The van der Waals surface area contributed by atoms with Crippen LogP contribution in [-0.4, -0.2) is 4.98 Å². The minimum atomic E-state index is 0.372. The van der Waals surface area contributed by atoms with Crippen molar-refractivity contribution in [1.82, 2.24) is 4.98 Å². The Morgan fingerprint density at radius 2 is 1.67 bits per heavy atom. The molecule has 0 aliphatic carbocycles. The van der Waals surface area contributed by atoms with E-state index in [1.54, 1.807) is 12.1 Å². The van der Waals surface area contributed by atoms with Crippen molar-refractivity contribution in [3.8, 4) is 17.2 Å². The molecular formula is C22H17Cl2NO2. The Labute approximate surface area is 167 Å². The first-order valence-electron chi connectivity index (χ1n) is 8.54. The first-order valence-corrected chi connectivity index (χ1v) is 9.30. The minimum absolute atomic E-state index is 0.372. The second kappa shape index (κ2) is 7.26. The van der Waals surface area contributed by atoms with Crippen LogP contribution in [0.1, 0.15) is 16.7 Å². The molecule has 4 rings (SSSR count). The fraction of sp³-hybridized carbons (Fsp3) is 0.136. The molecule has 27 heavy (non-hydrogen) atoms. The average molecular weight is 398 g/mol. The van der Waals surface area contributed by atoms with E-state index >= 15 is 0 Å². The van der Waals surface area contributed by atoms with E-state index in [-0.39, 0.29) is 0 Å². The van der Waals surface area contributed by atoms with Crippen molar-refractivity contribution in [2.24, 2.45) is 0 Å². The van der Waals surface area contributed by atoms with Crippen LogP contribution < -0.4 is 4.74 Å². The molecule has 0 N–H and O–H groups in total. The smallest absolute Gasteiger partial charge is 0.227 e. The van der Waals surface area contributed by atoms with Crippen molar-refractivity contribution in [1.29, 1.82) is 0 Å². The largest absolute Gasteiger partial charge is 0.489 e. The number of hydrogen-bond donors (Lipinski definition) is 0. The molecule has 5 heteroatoms. The van der Waals surface area contributed by atoms with Crippen LogP contribution >= 0.6 is 23.2 Å². The van der Waals surface area contributed by atoms with E-state index in [4.69, 9.17) is 32.4 Å². The summed E-state index contributed by atoms with van der Waals surface area (Å²) in [6.45, 7) is 4.51. The normalized spacial score (nSPS) is 11.1. The number of aromatic nitrogens is 1. The van der Waals surface area contributed by atoms with Crippen LogP contribution in [0.3, 0.4) is 0 Å². The molecule has 3 nitrogen and oxygen atoms in total. The zero-order valence-electron chi connectivity index (χ0n) is 14.9. The number of aryl methyl sites for hydroxylation is 2. The lowest BCUT2D eigenvalue weighted by atomic mass is 10.1. The molecule has 0 spiro atoms. The van der Waals surface area contributed by atoms with Gasteiger partial charge in [-0.05, 0) is 73.5 Å². The Morgan fingerprint density at radius 3 is 2.41 bits per heavy atom. The molecule has 136 valence electrons. The number of rotatable bonds is 4. The lowest BCUT2D eigenvalue weighted by Gasteiger charge is -2.08. The van der Waals surface area contributed by atoms with Crippen molar-refractivity contribution < 1.29 is 9.15 Å². The number of hydrogen-bond acceptors (Lipinski definition) is 3. The van der Waals surface area contributed by atoms with E-state index in [0.717, 1.165) is 28.0 Å². The molecule has 4 aromatic rings. The zero-order valence-corrected chi connectivity index (χ0v) is 16.4. The van der Waals surface area contributed by atoms with Gasteiger partial charge in [0, 0.05) is 21.2 Å². The van der Waals surface area contributed by atoms with E-state index in [2.05, 4.69) is 18.8 Å². The molecule has 0 atom stereocenters. The van der Waals surface area contributed by atoms with Gasteiger partial charge in [-0.2, -0.15) is 0 Å². The van der Waals surface area contributed by atoms with Crippen LogP contribution in [0.5, 0.6) is 5.75 Å². The third kappa shape index (κ3) is 3.80. The van der Waals surface area contributed by atoms with Gasteiger partial charge in [0.1, 0.15) is 17.9 Å². The van der Waals surface area contributed by atoms with Crippen LogP contribution in [-0.2, 0) is 6.61 Å². The number of nitrogens with zero attached hydrogens (tertiary/aromatic N) is 1. The van der Waals surface area contributed by atoms with Gasteiger partial charge in [-0.1, -0.05) is 29.3 Å². The Morgan fingerprint density at radius 1 is 0.926 bits per heavy atom. The van der Waals surface area contributed by atoms with E-state index < -0.39 is 0 Å². The minimum Gasteiger partial charge on any atom is -0.489 e. The maximum atomic E-state index is 6.18. The highest BCUT2D eigenvalue weighted by molar-refractivity contribution is 6.35. The van der Waals surface area contributed by atoms with Crippen molar-refractivity contribution in [3.63, 3.8) is 0 Å². The summed E-state index contributed by atoms with van der Waals surface area (Å²) in [6.07, 6.45) is 0. The molecule has 0 radical (unpaired) electrons. The van der Waals surface area contributed by atoms with Crippen LogP contribution in [0.15, 0.2) is 59.0 Å². The topological polar surface area (TPSA) is 35.3 Å². The summed E-state index contributed by atoms with van der Waals surface area (Å²) in [7, 11) is 0. The molecule has 0 saturated carbocycles. The van der Waals surface area contributed by atoms with Gasteiger partial charge in [0.2, 0.25) is 5.89 Å². The van der Waals surface area contributed by atoms with Gasteiger partial charge in [0.15, 0.2) is 5.58 Å². The summed E-state index contributed by atoms with van der Waals surface area (Å²) in [5.74, 6) is 1.34. The molecule has 1 aromatic heterocycles. The van der Waals surface area contributed by atoms with Crippen molar-refractivity contribution in [2.75, 3.05) is 0 Å². The van der Waals surface area contributed by atoms with Gasteiger partial charge in [-0.15, -0.1) is 0 Å². The van der Waals surface area contributed by atoms with Crippen molar-refractivity contribution in [3.05, 3.63) is 81.3 Å². The molecule has 0 fully saturated rings. The Hall–Kier alpha value is -2.49. The number of ether oxygens (including phenoxy) is 1. The standard InChI is InChI=1S/C22H17Cl2NO2/c1-13-9-20-21(10-14(13)2)27-22(25-20)15-4-7-18(8-5-15)26-12-16-3-6-17(23)11-19(16)24/h3-11H,12H2,1-2H3. The van der Waals surface area contributed by atoms with Gasteiger partial charge in [-0.25, -0.2) is 4.98 Å². The predicted octanol–water partition coefficient (Wildman–Crippen LogP) is 7.00. The number of benzene rings is 3. The summed E-state index contributed by atoms with van der Waals surface area (Å²) in [4.78, 5) is 4.59. The highest BCUT2D eigenvalue weighted by Gasteiger charge is 2.10. The fourth-order valence-corrected chi connectivity index (χ4v) is 3.26. The second-order valence-electron chi connectivity index (χ2n) is 6.47. The fourth-order valence-electron chi connectivity index (χ4n) is 2.80. The molecule has 0 amide bonds. The molecule has 1 heterocycles. The first-order chi connectivity index (χ1) is 13.0. The summed E-state index contributed by atoms with van der Waals surface area (Å²) < 4.78 is 11.7. The number of halogens is 2. The van der Waals surface area contributed by atoms with Gasteiger partial charge < -0.3 is 9.15 Å². The van der Waals surface area contributed by atoms with E-state index in [0.29, 0.717) is 22.5 Å². The average Bonchev–Trinajstić information content (AvgIpc) is 3.04. The summed E-state index contributed by atoms with van der Waals surface area (Å²) >= 11 is 12.1. The maximum Gasteiger partial charge on any atom is 0.227 e. The maximum absolute atomic E-state index is 6.18. The van der Waals surface area contributed by atoms with Crippen LogP contribution in [0.2, 0.25) is 10.0 Å². The third-order valence-corrected chi connectivity index (χ3v) is 5.10. The zero-order chi connectivity index (χ0) is 19.0. The van der Waals surface area contributed by atoms with Gasteiger partial charge >= 0.3 is 0 Å². The molecule has 3 aromatic carbocycles. The van der Waals surface area contributed by atoms with Gasteiger partial charge in [0.05, 0.1) is 0 Å². The van der Waals surface area contributed by atoms with Crippen molar-refractivity contribution in [2.45, 2.75) is 20.5 Å². The highest BCUT2D eigenvalue weighted by atomic mass is 35.5. The Kier molecular flexibility index (Phi) is 4.81. The Balaban J connectivity index is 1.52. The van der Waals surface area contributed by atoms with Gasteiger partial charge in [-0.3, -0.25) is 0 Å². The van der Waals surface area contributed by atoms with Crippen molar-refractivity contribution >= 4 is 34.3 Å². The first kappa shape index (κ1) is 17.9. The molecule has 0 saturated heterocycles. The molecular weight excluding hydrogens is 381 g/mol. The SMILES string of the molecule is Cc1cc2nc(-c3ccc(OCc4ccc(Cl)cc4Cl)cc3)oc2cc1C. The second-order valence-corrected chi connectivity index (χ2v) is 7.32. The van der Waals surface area contributed by atoms with E-state index in [9.17, 15) is 0 Å². The summed E-state index contributed by atoms with van der Waals surface area (Å²) in [6, 6.07) is 17.1. The van der Waals surface area contributed by atoms with Crippen LogP contribution in [0.4, 0.5) is 0 Å². The summed E-state index contributed by atoms with van der Waals surface area (Å²) in [5, 5.41) is 1.20. The molecule has 0 unspecified atom stereocenters. The van der Waals surface area contributed by atoms with E-state index in [1.807, 2.05) is 42.5 Å². The number of oxazole rings is 1.